The Hall–Kier alpha value is -1.23. The van der Waals surface area contributed by atoms with Crippen molar-refractivity contribution >= 4 is 17.9 Å². The zero-order chi connectivity index (χ0) is 11.4. The van der Waals surface area contributed by atoms with E-state index in [1.54, 1.807) is 28.8 Å². The molecule has 0 unspecified atom stereocenters. The predicted molar refractivity (Wildman–Crippen MR) is 60.0 cm³/mol. The molecule has 16 heavy (non-hydrogen) atoms. The summed E-state index contributed by atoms with van der Waals surface area (Å²) in [4.78, 5) is 13.8. The molecule has 1 heterocycles. The molecule has 0 saturated carbocycles. The number of hydrogen-bond donors (Lipinski definition) is 0. The Morgan fingerprint density at radius 2 is 2.12 bits per heavy atom. The average Bonchev–Trinajstić information content (AvgIpc) is 2.68. The normalized spacial score (nSPS) is 15.3. The predicted octanol–water partition coefficient (Wildman–Crippen LogP) is 2.37. The molecule has 0 atom stereocenters. The minimum atomic E-state index is -0.236. The van der Waals surface area contributed by atoms with Crippen LogP contribution in [0.25, 0.3) is 0 Å². The van der Waals surface area contributed by atoms with Gasteiger partial charge in [-0.15, -0.1) is 11.8 Å². The van der Waals surface area contributed by atoms with Crippen LogP contribution in [0.5, 0.6) is 0 Å². The van der Waals surface area contributed by atoms with Gasteiger partial charge in [0.15, 0.2) is 0 Å². The van der Waals surface area contributed by atoms with Crippen LogP contribution in [0.2, 0.25) is 0 Å². The summed E-state index contributed by atoms with van der Waals surface area (Å²) < 4.78 is 17.4. The molecule has 2 rings (SSSR count). The van der Waals surface area contributed by atoms with Crippen LogP contribution in [-0.2, 0) is 4.74 Å². The van der Waals surface area contributed by atoms with E-state index >= 15 is 0 Å². The molecule has 1 aliphatic heterocycles. The second kappa shape index (κ2) is 5.21. The summed E-state index contributed by atoms with van der Waals surface area (Å²) in [6.45, 7) is 1.82. The monoisotopic (exact) mass is 241 g/mol. The maximum Gasteiger partial charge on any atom is 0.409 e. The van der Waals surface area contributed by atoms with E-state index in [0.717, 1.165) is 10.6 Å². The first-order chi connectivity index (χ1) is 7.75. The fourth-order valence-corrected chi connectivity index (χ4v) is 2.31. The van der Waals surface area contributed by atoms with Gasteiger partial charge in [0.1, 0.15) is 12.4 Å². The van der Waals surface area contributed by atoms with Crippen molar-refractivity contribution in [3.8, 4) is 0 Å². The number of carbonyl (C=O) groups excluding carboxylic acids is 1. The minimum absolute atomic E-state index is 0.229. The van der Waals surface area contributed by atoms with Crippen molar-refractivity contribution in [2.75, 3.05) is 25.4 Å². The topological polar surface area (TPSA) is 29.5 Å². The van der Waals surface area contributed by atoms with Crippen molar-refractivity contribution in [2.24, 2.45) is 0 Å². The van der Waals surface area contributed by atoms with Gasteiger partial charge in [-0.25, -0.2) is 9.18 Å². The van der Waals surface area contributed by atoms with E-state index in [1.165, 1.54) is 12.1 Å². The zero-order valence-corrected chi connectivity index (χ0v) is 9.50. The van der Waals surface area contributed by atoms with E-state index in [9.17, 15) is 9.18 Å². The number of thioether (sulfide) groups is 1. The molecule has 0 bridgehead atoms. The summed E-state index contributed by atoms with van der Waals surface area (Å²) in [6, 6.07) is 6.35. The van der Waals surface area contributed by atoms with E-state index in [1.807, 2.05) is 0 Å². The Morgan fingerprint density at radius 1 is 1.38 bits per heavy atom. The number of cyclic esters (lactones) is 1. The largest absolute Gasteiger partial charge is 0.448 e. The number of rotatable bonds is 4. The molecule has 1 aromatic rings. The number of benzene rings is 1. The first kappa shape index (κ1) is 11.3. The average molecular weight is 241 g/mol. The van der Waals surface area contributed by atoms with Gasteiger partial charge in [-0.05, 0) is 24.3 Å². The molecular weight excluding hydrogens is 229 g/mol. The van der Waals surface area contributed by atoms with Crippen LogP contribution in [0.3, 0.4) is 0 Å². The highest BCUT2D eigenvalue weighted by Gasteiger charge is 2.20. The zero-order valence-electron chi connectivity index (χ0n) is 8.69. The van der Waals surface area contributed by atoms with E-state index in [0.29, 0.717) is 19.7 Å². The lowest BCUT2D eigenvalue weighted by Gasteiger charge is -2.11. The lowest BCUT2D eigenvalue weighted by atomic mass is 10.4. The molecule has 1 fully saturated rings. The van der Waals surface area contributed by atoms with Crippen LogP contribution in [0, 0.1) is 5.82 Å². The van der Waals surface area contributed by atoms with Crippen molar-refractivity contribution in [1.29, 1.82) is 0 Å². The van der Waals surface area contributed by atoms with Crippen LogP contribution in [0.1, 0.15) is 0 Å². The highest BCUT2D eigenvalue weighted by molar-refractivity contribution is 7.99. The van der Waals surface area contributed by atoms with Gasteiger partial charge in [0.05, 0.1) is 6.54 Å². The number of carbonyl (C=O) groups is 1. The molecule has 0 spiro atoms. The van der Waals surface area contributed by atoms with Crippen LogP contribution in [0.15, 0.2) is 29.2 Å². The SMILES string of the molecule is O=C1OCCN1CCSc1ccc(F)cc1. The summed E-state index contributed by atoms with van der Waals surface area (Å²) in [5.74, 6) is 0.563. The van der Waals surface area contributed by atoms with Gasteiger partial charge in [0, 0.05) is 17.2 Å². The highest BCUT2D eigenvalue weighted by Crippen LogP contribution is 2.18. The molecule has 0 N–H and O–H groups in total. The van der Waals surface area contributed by atoms with Gasteiger partial charge in [0.2, 0.25) is 0 Å². The molecule has 1 aromatic carbocycles. The third-order valence-electron chi connectivity index (χ3n) is 2.29. The standard InChI is InChI=1S/C11H12FNO2S/c12-9-1-3-10(4-2-9)16-8-6-13-5-7-15-11(13)14/h1-4H,5-8H2. The third kappa shape index (κ3) is 2.88. The molecule has 5 heteroatoms. The van der Waals surface area contributed by atoms with Crippen molar-refractivity contribution in [3.05, 3.63) is 30.1 Å². The molecule has 0 aromatic heterocycles. The van der Waals surface area contributed by atoms with Gasteiger partial charge < -0.3 is 9.64 Å². The van der Waals surface area contributed by atoms with Gasteiger partial charge in [-0.2, -0.15) is 0 Å². The molecule has 3 nitrogen and oxygen atoms in total. The van der Waals surface area contributed by atoms with E-state index in [-0.39, 0.29) is 11.9 Å². The Balaban J connectivity index is 1.75. The molecule has 1 aliphatic rings. The van der Waals surface area contributed by atoms with Crippen LogP contribution in [0.4, 0.5) is 9.18 Å². The summed E-state index contributed by atoms with van der Waals surface area (Å²) in [7, 11) is 0. The van der Waals surface area contributed by atoms with Crippen molar-refractivity contribution in [2.45, 2.75) is 4.90 Å². The number of hydrogen-bond acceptors (Lipinski definition) is 3. The Labute approximate surface area is 97.6 Å². The second-order valence-electron chi connectivity index (χ2n) is 3.40. The van der Waals surface area contributed by atoms with Crippen LogP contribution in [-0.4, -0.2) is 36.4 Å². The molecule has 0 radical (unpaired) electrons. The Bertz CT molecular complexity index is 369. The van der Waals surface area contributed by atoms with Gasteiger partial charge >= 0.3 is 6.09 Å². The maximum atomic E-state index is 12.6. The first-order valence-electron chi connectivity index (χ1n) is 5.06. The van der Waals surface area contributed by atoms with Gasteiger partial charge in [0.25, 0.3) is 0 Å². The molecule has 86 valence electrons. The summed E-state index contributed by atoms with van der Waals surface area (Å²) in [5.41, 5.74) is 0. The molecular formula is C11H12FNO2S. The quantitative estimate of drug-likeness (QED) is 0.758. The Kier molecular flexibility index (Phi) is 3.66. The summed E-state index contributed by atoms with van der Waals surface area (Å²) >= 11 is 1.60. The highest BCUT2D eigenvalue weighted by atomic mass is 32.2. The minimum Gasteiger partial charge on any atom is -0.448 e. The van der Waals surface area contributed by atoms with E-state index < -0.39 is 0 Å². The van der Waals surface area contributed by atoms with Crippen molar-refractivity contribution in [3.63, 3.8) is 0 Å². The van der Waals surface area contributed by atoms with Crippen molar-refractivity contribution < 1.29 is 13.9 Å². The van der Waals surface area contributed by atoms with Crippen molar-refractivity contribution in [1.82, 2.24) is 4.90 Å². The molecule has 1 saturated heterocycles. The fourth-order valence-electron chi connectivity index (χ4n) is 1.43. The smallest absolute Gasteiger partial charge is 0.409 e. The van der Waals surface area contributed by atoms with E-state index in [4.69, 9.17) is 4.74 Å². The van der Waals surface area contributed by atoms with Crippen LogP contribution >= 0.6 is 11.8 Å². The number of nitrogens with zero attached hydrogens (tertiary/aromatic N) is 1. The summed E-state index contributed by atoms with van der Waals surface area (Å²) in [6.07, 6.45) is -0.236. The summed E-state index contributed by atoms with van der Waals surface area (Å²) in [5, 5.41) is 0. The van der Waals surface area contributed by atoms with E-state index in [2.05, 4.69) is 0 Å². The molecule has 0 aliphatic carbocycles. The molecule has 1 amide bonds. The maximum absolute atomic E-state index is 12.6. The fraction of sp³-hybridized carbons (Fsp3) is 0.364. The Morgan fingerprint density at radius 3 is 2.75 bits per heavy atom. The van der Waals surface area contributed by atoms with Gasteiger partial charge in [-0.3, -0.25) is 0 Å². The number of amides is 1. The van der Waals surface area contributed by atoms with Crippen LogP contribution < -0.4 is 0 Å². The third-order valence-corrected chi connectivity index (χ3v) is 3.28. The first-order valence-corrected chi connectivity index (χ1v) is 6.04. The van der Waals surface area contributed by atoms with Gasteiger partial charge in [-0.1, -0.05) is 0 Å². The second-order valence-corrected chi connectivity index (χ2v) is 4.57. The lowest BCUT2D eigenvalue weighted by molar-refractivity contribution is 0.160. The number of ether oxygens (including phenoxy) is 1. The number of halogens is 1. The lowest BCUT2D eigenvalue weighted by Crippen LogP contribution is -2.26.